The lowest BCUT2D eigenvalue weighted by molar-refractivity contribution is -0.144. The molecule has 0 saturated carbocycles. The van der Waals surface area contributed by atoms with E-state index in [0.717, 1.165) is 49.5 Å². The molecule has 0 aromatic heterocycles. The van der Waals surface area contributed by atoms with E-state index in [1.165, 1.54) is 0 Å². The minimum absolute atomic E-state index is 0.102. The molecule has 2 aliphatic heterocycles. The van der Waals surface area contributed by atoms with Crippen molar-refractivity contribution in [3.8, 4) is 5.75 Å². The van der Waals surface area contributed by atoms with Gasteiger partial charge in [0.1, 0.15) is 5.75 Å². The van der Waals surface area contributed by atoms with Gasteiger partial charge in [-0.15, -0.1) is 0 Å². The standard InChI is InChI=1S/C26H32N4O4/c1-3-33-25(31)15-20-14-22-8-9-23(16-24(22)34-18-20)28-26(32)21-6-4-19(5-7-21)17-27-30-12-10-29(2)11-13-30/h4-9,16-17,20H,3,10-15,18H2,1-2H3,(H,28,32)/b27-17+. The fraction of sp³-hybridized carbons (Fsp3) is 0.423. The highest BCUT2D eigenvalue weighted by Crippen LogP contribution is 2.31. The number of rotatable bonds is 7. The molecular weight excluding hydrogens is 432 g/mol. The fourth-order valence-electron chi connectivity index (χ4n) is 4.08. The van der Waals surface area contributed by atoms with Crippen molar-refractivity contribution in [2.45, 2.75) is 19.8 Å². The third kappa shape index (κ3) is 6.35. The molecule has 0 spiro atoms. The van der Waals surface area contributed by atoms with E-state index in [2.05, 4.69) is 27.4 Å². The molecular formula is C26H32N4O4. The highest BCUT2D eigenvalue weighted by molar-refractivity contribution is 6.04. The van der Waals surface area contributed by atoms with Crippen LogP contribution in [-0.4, -0.2) is 74.4 Å². The molecule has 0 aliphatic carbocycles. The lowest BCUT2D eigenvalue weighted by Gasteiger charge is -2.30. The second-order valence-corrected chi connectivity index (χ2v) is 8.79. The zero-order chi connectivity index (χ0) is 23.9. The average Bonchev–Trinajstić information content (AvgIpc) is 2.84. The molecule has 8 heteroatoms. The van der Waals surface area contributed by atoms with Crippen LogP contribution < -0.4 is 10.1 Å². The summed E-state index contributed by atoms with van der Waals surface area (Å²) < 4.78 is 10.9. The lowest BCUT2D eigenvalue weighted by Crippen LogP contribution is -2.41. The minimum Gasteiger partial charge on any atom is -0.493 e. The maximum Gasteiger partial charge on any atom is 0.306 e. The van der Waals surface area contributed by atoms with Gasteiger partial charge in [0.2, 0.25) is 0 Å². The van der Waals surface area contributed by atoms with Gasteiger partial charge in [-0.1, -0.05) is 18.2 Å². The van der Waals surface area contributed by atoms with E-state index in [9.17, 15) is 9.59 Å². The first-order valence-corrected chi connectivity index (χ1v) is 11.8. The summed E-state index contributed by atoms with van der Waals surface area (Å²) in [5, 5.41) is 9.55. The van der Waals surface area contributed by atoms with Gasteiger partial charge in [-0.25, -0.2) is 0 Å². The Kier molecular flexibility index (Phi) is 7.80. The minimum atomic E-state index is -0.194. The Balaban J connectivity index is 1.31. The van der Waals surface area contributed by atoms with Gasteiger partial charge in [0.05, 0.1) is 25.8 Å². The second kappa shape index (κ2) is 11.2. The number of amides is 1. The summed E-state index contributed by atoms with van der Waals surface area (Å²) in [6.45, 7) is 6.52. The Morgan fingerprint density at radius 3 is 2.65 bits per heavy atom. The van der Waals surface area contributed by atoms with Crippen LogP contribution in [0.3, 0.4) is 0 Å². The van der Waals surface area contributed by atoms with E-state index in [0.29, 0.717) is 30.9 Å². The predicted octanol–water partition coefficient (Wildman–Crippen LogP) is 3.02. The molecule has 4 rings (SSSR count). The smallest absolute Gasteiger partial charge is 0.306 e. The molecule has 1 fully saturated rings. The quantitative estimate of drug-likeness (QED) is 0.501. The SMILES string of the molecule is CCOC(=O)CC1COc2cc(NC(=O)c3ccc(/C=N/N4CCN(C)CC4)cc3)ccc2C1. The van der Waals surface area contributed by atoms with Gasteiger partial charge in [0.25, 0.3) is 5.91 Å². The molecule has 2 heterocycles. The third-order valence-electron chi connectivity index (χ3n) is 6.09. The van der Waals surface area contributed by atoms with E-state index in [1.807, 2.05) is 36.5 Å². The van der Waals surface area contributed by atoms with Crippen LogP contribution in [0.2, 0.25) is 0 Å². The van der Waals surface area contributed by atoms with Crippen molar-refractivity contribution in [3.63, 3.8) is 0 Å². The molecule has 1 amide bonds. The average molecular weight is 465 g/mol. The number of likely N-dealkylation sites (N-methyl/N-ethyl adjacent to an activating group) is 1. The number of carbonyl (C=O) groups is 2. The van der Waals surface area contributed by atoms with E-state index in [-0.39, 0.29) is 17.8 Å². The first-order chi connectivity index (χ1) is 16.5. The van der Waals surface area contributed by atoms with E-state index in [1.54, 1.807) is 19.1 Å². The zero-order valence-corrected chi connectivity index (χ0v) is 19.8. The molecule has 0 bridgehead atoms. The van der Waals surface area contributed by atoms with E-state index in [4.69, 9.17) is 9.47 Å². The molecule has 0 radical (unpaired) electrons. The molecule has 1 N–H and O–H groups in total. The van der Waals surface area contributed by atoms with Crippen LogP contribution in [0.4, 0.5) is 5.69 Å². The van der Waals surface area contributed by atoms with Gasteiger partial charge < -0.3 is 19.7 Å². The van der Waals surface area contributed by atoms with E-state index >= 15 is 0 Å². The number of hydrazone groups is 1. The predicted molar refractivity (Wildman–Crippen MR) is 131 cm³/mol. The van der Waals surface area contributed by atoms with Crippen LogP contribution in [0.15, 0.2) is 47.6 Å². The number of hydrogen-bond donors (Lipinski definition) is 1. The summed E-state index contributed by atoms with van der Waals surface area (Å²) in [5.41, 5.74) is 3.23. The summed E-state index contributed by atoms with van der Waals surface area (Å²) in [7, 11) is 2.12. The largest absolute Gasteiger partial charge is 0.493 e. The molecule has 8 nitrogen and oxygen atoms in total. The van der Waals surface area contributed by atoms with Crippen molar-refractivity contribution in [1.29, 1.82) is 0 Å². The Morgan fingerprint density at radius 1 is 1.15 bits per heavy atom. The molecule has 1 saturated heterocycles. The Bertz CT molecular complexity index is 1030. The summed E-state index contributed by atoms with van der Waals surface area (Å²) in [6.07, 6.45) is 2.93. The molecule has 34 heavy (non-hydrogen) atoms. The van der Waals surface area contributed by atoms with Crippen LogP contribution in [0.5, 0.6) is 5.75 Å². The van der Waals surface area contributed by atoms with E-state index < -0.39 is 0 Å². The number of carbonyl (C=O) groups excluding carboxylic acids is 2. The maximum atomic E-state index is 12.7. The number of benzene rings is 2. The summed E-state index contributed by atoms with van der Waals surface area (Å²) >= 11 is 0. The van der Waals surface area contributed by atoms with Crippen molar-refractivity contribution in [2.75, 3.05) is 51.8 Å². The number of nitrogens with one attached hydrogen (secondary N) is 1. The van der Waals surface area contributed by atoms with Crippen molar-refractivity contribution in [2.24, 2.45) is 11.0 Å². The number of esters is 1. The molecule has 1 unspecified atom stereocenters. The Hall–Kier alpha value is -3.39. The van der Waals surface area contributed by atoms with Crippen molar-refractivity contribution in [3.05, 3.63) is 59.2 Å². The summed E-state index contributed by atoms with van der Waals surface area (Å²) in [4.78, 5) is 26.7. The molecule has 2 aromatic rings. The van der Waals surface area contributed by atoms with Crippen LogP contribution >= 0.6 is 0 Å². The summed E-state index contributed by atoms with van der Waals surface area (Å²) in [6, 6.07) is 13.0. The second-order valence-electron chi connectivity index (χ2n) is 8.79. The van der Waals surface area contributed by atoms with Gasteiger partial charge in [-0.3, -0.25) is 14.6 Å². The highest BCUT2D eigenvalue weighted by Gasteiger charge is 2.23. The number of piperazine rings is 1. The van der Waals surface area contributed by atoms with Crippen LogP contribution in [0.1, 0.15) is 34.8 Å². The number of fused-ring (bicyclic) bond motifs is 1. The van der Waals surface area contributed by atoms with Crippen LogP contribution in [0.25, 0.3) is 0 Å². The first-order valence-electron chi connectivity index (χ1n) is 11.8. The molecule has 180 valence electrons. The van der Waals surface area contributed by atoms with Gasteiger partial charge >= 0.3 is 5.97 Å². The van der Waals surface area contributed by atoms with Crippen molar-refractivity contribution in [1.82, 2.24) is 9.91 Å². The first kappa shape index (κ1) is 23.8. The molecule has 2 aromatic carbocycles. The third-order valence-corrected chi connectivity index (χ3v) is 6.09. The zero-order valence-electron chi connectivity index (χ0n) is 19.8. The van der Waals surface area contributed by atoms with Crippen LogP contribution in [0, 0.1) is 5.92 Å². The van der Waals surface area contributed by atoms with Crippen LogP contribution in [-0.2, 0) is 16.0 Å². The lowest BCUT2D eigenvalue weighted by atomic mass is 9.94. The molecule has 2 aliphatic rings. The van der Waals surface area contributed by atoms with Gasteiger partial charge in [-0.05, 0) is 49.7 Å². The number of hydrogen-bond acceptors (Lipinski definition) is 7. The fourth-order valence-corrected chi connectivity index (χ4v) is 4.08. The Morgan fingerprint density at radius 2 is 1.91 bits per heavy atom. The number of ether oxygens (including phenoxy) is 2. The van der Waals surface area contributed by atoms with Gasteiger partial charge in [0, 0.05) is 49.4 Å². The van der Waals surface area contributed by atoms with Gasteiger partial charge in [0.15, 0.2) is 0 Å². The number of anilines is 1. The topological polar surface area (TPSA) is 83.5 Å². The summed E-state index contributed by atoms with van der Waals surface area (Å²) in [5.74, 6) is 0.470. The van der Waals surface area contributed by atoms with Crippen molar-refractivity contribution < 1.29 is 19.1 Å². The maximum absolute atomic E-state index is 12.7. The number of nitrogens with zero attached hydrogens (tertiary/aromatic N) is 3. The van der Waals surface area contributed by atoms with Gasteiger partial charge in [-0.2, -0.15) is 5.10 Å². The van der Waals surface area contributed by atoms with Crippen molar-refractivity contribution >= 4 is 23.8 Å². The Labute approximate surface area is 200 Å². The normalized spacial score (nSPS) is 18.3. The molecule has 1 atom stereocenters. The monoisotopic (exact) mass is 464 g/mol. The highest BCUT2D eigenvalue weighted by atomic mass is 16.5.